The smallest absolute Gasteiger partial charge is 0.294 e. The quantitative estimate of drug-likeness (QED) is 0.151. The molecule has 0 atom stereocenters. The first kappa shape index (κ1) is 36.1. The number of aryl methyl sites for hydroxylation is 1. The largest absolute Gasteiger partial charge is 0.295 e. The summed E-state index contributed by atoms with van der Waals surface area (Å²) in [5.74, 6) is -0.426. The minimum absolute atomic E-state index is 0. The average Bonchev–Trinajstić information content (AvgIpc) is 3.32. The molecule has 204 valence electrons. The van der Waals surface area contributed by atoms with Crippen LogP contribution in [0.4, 0.5) is 5.69 Å². The molecule has 4 rings (SSSR count). The Morgan fingerprint density at radius 1 is 0.780 bits per heavy atom. The van der Waals surface area contributed by atoms with E-state index in [-0.39, 0.29) is 118 Å². The predicted octanol–water partition coefficient (Wildman–Crippen LogP) is 2.12. The van der Waals surface area contributed by atoms with Gasteiger partial charge in [0.2, 0.25) is 0 Å². The van der Waals surface area contributed by atoms with Gasteiger partial charge in [0.25, 0.3) is 31.7 Å². The number of aromatic nitrogens is 2. The van der Waals surface area contributed by atoms with Gasteiger partial charge in [0.15, 0.2) is 0 Å². The zero-order chi connectivity index (χ0) is 28.5. The molecule has 0 unspecified atom stereocenters. The van der Waals surface area contributed by atoms with E-state index in [0.717, 1.165) is 5.01 Å². The van der Waals surface area contributed by atoms with Crippen molar-refractivity contribution in [1.82, 2.24) is 9.78 Å². The molecule has 2 aromatic carbocycles. The SMILES string of the molecule is CC1=NN(c2ccc(S(=O)(=O)O)cc2)C(=O)\C1=C/C=C/C=C/c1c(C)[nH]n(-c2ccc(S(=O)(=O)O)cc2)c1=O.[K].[K]. The number of nitrogens with zero attached hydrogens (tertiary/aromatic N) is 3. The normalized spacial score (nSPS) is 14.9. The number of H-pyrrole nitrogens is 1. The first-order chi connectivity index (χ1) is 18.3. The molecule has 41 heavy (non-hydrogen) atoms. The van der Waals surface area contributed by atoms with Gasteiger partial charge in [-0.2, -0.15) is 26.9 Å². The van der Waals surface area contributed by atoms with Crippen LogP contribution in [0.15, 0.2) is 98.1 Å². The summed E-state index contributed by atoms with van der Waals surface area (Å²) in [5.41, 5.74) is 2.00. The van der Waals surface area contributed by atoms with Crippen LogP contribution in [-0.4, -0.2) is 150 Å². The fraction of sp³-hybridized carbons (Fsp3) is 0.0800. The number of nitrogens with one attached hydrogen (secondary N) is 1. The number of anilines is 1. The molecule has 2 radical (unpaired) electrons. The Labute approximate surface area is 321 Å². The van der Waals surface area contributed by atoms with E-state index < -0.39 is 26.1 Å². The van der Waals surface area contributed by atoms with Crippen LogP contribution < -0.4 is 10.6 Å². The fourth-order valence-corrected chi connectivity index (χ4v) is 4.68. The first-order valence-electron chi connectivity index (χ1n) is 11.2. The molecule has 12 nitrogen and oxygen atoms in total. The first-order valence-corrected chi connectivity index (χ1v) is 14.1. The third kappa shape index (κ3) is 8.51. The van der Waals surface area contributed by atoms with Crippen molar-refractivity contribution in [3.05, 3.63) is 100 Å². The number of hydrazone groups is 1. The molecule has 1 aliphatic heterocycles. The van der Waals surface area contributed by atoms with Gasteiger partial charge in [0.1, 0.15) is 0 Å². The number of aromatic amines is 1. The summed E-state index contributed by atoms with van der Waals surface area (Å²) in [7, 11) is -8.71. The Morgan fingerprint density at radius 3 is 1.80 bits per heavy atom. The van der Waals surface area contributed by atoms with Crippen molar-refractivity contribution in [2.75, 3.05) is 5.01 Å². The number of rotatable bonds is 7. The van der Waals surface area contributed by atoms with Crippen LogP contribution in [0.3, 0.4) is 0 Å². The summed E-state index contributed by atoms with van der Waals surface area (Å²) in [5, 5.41) is 8.23. The van der Waals surface area contributed by atoms with Gasteiger partial charge in [0, 0.05) is 108 Å². The standard InChI is InChI=1S/C25H22N4O8S2.2K/c1-16-22(24(30)28(26-16)18-8-12-20(13-9-18)38(32,33)34)6-4-3-5-7-23-17(2)27-29(25(23)31)19-10-14-21(15-11-19)39(35,36)37;;/h3-15,26H,1-2H3,(H,32,33,34)(H,35,36,37);;/b5-3+,6-4+,23-7-;;. The minimum atomic E-state index is -4.36. The van der Waals surface area contributed by atoms with E-state index in [1.807, 2.05) is 0 Å². The summed E-state index contributed by atoms with van der Waals surface area (Å²) in [6.07, 6.45) is 7.96. The van der Waals surface area contributed by atoms with E-state index in [1.54, 1.807) is 44.2 Å². The maximum Gasteiger partial charge on any atom is 0.294 e. The molecule has 0 saturated heterocycles. The third-order valence-electron chi connectivity index (χ3n) is 5.70. The number of hydrogen-bond donors (Lipinski definition) is 3. The number of carbonyl (C=O) groups is 1. The van der Waals surface area contributed by atoms with Gasteiger partial charge >= 0.3 is 0 Å². The zero-order valence-corrected chi connectivity index (χ0v) is 30.4. The van der Waals surface area contributed by atoms with E-state index in [0.29, 0.717) is 33.9 Å². The van der Waals surface area contributed by atoms with Crippen LogP contribution in [-0.2, 0) is 25.0 Å². The molecule has 16 heteroatoms. The summed E-state index contributed by atoms with van der Waals surface area (Å²) >= 11 is 0. The number of amides is 1. The van der Waals surface area contributed by atoms with Crippen LogP contribution in [0, 0.1) is 6.92 Å². The molecule has 0 aliphatic carbocycles. The van der Waals surface area contributed by atoms with Crippen LogP contribution >= 0.6 is 0 Å². The van der Waals surface area contributed by atoms with Crippen molar-refractivity contribution < 1.29 is 30.7 Å². The summed E-state index contributed by atoms with van der Waals surface area (Å²) in [4.78, 5) is 25.1. The van der Waals surface area contributed by atoms with Crippen molar-refractivity contribution >= 4 is 146 Å². The van der Waals surface area contributed by atoms with Crippen molar-refractivity contribution in [3.8, 4) is 5.69 Å². The van der Waals surface area contributed by atoms with Gasteiger partial charge in [-0.25, -0.2) is 4.68 Å². The molecule has 3 aromatic rings. The number of carbonyl (C=O) groups excluding carboxylic acids is 1. The van der Waals surface area contributed by atoms with Crippen molar-refractivity contribution in [2.45, 2.75) is 23.6 Å². The monoisotopic (exact) mass is 648 g/mol. The van der Waals surface area contributed by atoms with Crippen molar-refractivity contribution in [1.29, 1.82) is 0 Å². The Kier molecular flexibility index (Phi) is 12.8. The second-order valence-corrected chi connectivity index (χ2v) is 11.2. The van der Waals surface area contributed by atoms with Crippen LogP contribution in [0.1, 0.15) is 18.2 Å². The Morgan fingerprint density at radius 2 is 1.29 bits per heavy atom. The van der Waals surface area contributed by atoms with E-state index in [4.69, 9.17) is 9.11 Å². The Balaban J connectivity index is 0.00000294. The zero-order valence-electron chi connectivity index (χ0n) is 22.5. The second kappa shape index (κ2) is 14.6. The molecule has 2 heterocycles. The van der Waals surface area contributed by atoms with Crippen molar-refractivity contribution in [3.63, 3.8) is 0 Å². The molecular formula is C25H22K2N4O8S2. The molecular weight excluding hydrogens is 627 g/mol. The number of allylic oxidation sites excluding steroid dienone is 4. The van der Waals surface area contributed by atoms with Gasteiger partial charge < -0.3 is 0 Å². The van der Waals surface area contributed by atoms with Crippen LogP contribution in [0.25, 0.3) is 11.8 Å². The summed E-state index contributed by atoms with van der Waals surface area (Å²) in [6, 6.07) is 10.2. The second-order valence-electron chi connectivity index (χ2n) is 8.36. The molecule has 0 fully saturated rings. The molecule has 3 N–H and O–H groups in total. The molecule has 1 amide bonds. The van der Waals surface area contributed by atoms with E-state index >= 15 is 0 Å². The molecule has 0 spiro atoms. The molecule has 1 aliphatic rings. The average molecular weight is 649 g/mol. The van der Waals surface area contributed by atoms with Crippen LogP contribution in [0.5, 0.6) is 0 Å². The van der Waals surface area contributed by atoms with Crippen LogP contribution in [0.2, 0.25) is 0 Å². The topological polar surface area (TPSA) is 179 Å². The maximum atomic E-state index is 12.8. The van der Waals surface area contributed by atoms with E-state index in [1.165, 1.54) is 53.2 Å². The van der Waals surface area contributed by atoms with E-state index in [2.05, 4.69) is 10.2 Å². The van der Waals surface area contributed by atoms with Crippen molar-refractivity contribution in [2.24, 2.45) is 5.10 Å². The number of benzene rings is 2. The minimum Gasteiger partial charge on any atom is -0.295 e. The van der Waals surface area contributed by atoms with Gasteiger partial charge in [0.05, 0.1) is 38.0 Å². The van der Waals surface area contributed by atoms with E-state index in [9.17, 15) is 26.4 Å². The number of hydrogen-bond acceptors (Lipinski definition) is 7. The van der Waals surface area contributed by atoms with Gasteiger partial charge in [-0.3, -0.25) is 23.8 Å². The fourth-order valence-electron chi connectivity index (χ4n) is 3.72. The third-order valence-corrected chi connectivity index (χ3v) is 7.44. The molecule has 0 bridgehead atoms. The van der Waals surface area contributed by atoms with Gasteiger partial charge in [-0.05, 0) is 74.5 Å². The Hall–Kier alpha value is -1.10. The predicted molar refractivity (Wildman–Crippen MR) is 156 cm³/mol. The van der Waals surface area contributed by atoms with Gasteiger partial charge in [-0.1, -0.05) is 18.2 Å². The van der Waals surface area contributed by atoms with Gasteiger partial charge in [-0.15, -0.1) is 0 Å². The molecule has 0 saturated carbocycles. The summed E-state index contributed by atoms with van der Waals surface area (Å²) in [6.45, 7) is 3.35. The molecule has 1 aromatic heterocycles. The Bertz CT molecular complexity index is 1860. The summed E-state index contributed by atoms with van der Waals surface area (Å²) < 4.78 is 64.4. The maximum absolute atomic E-state index is 12.8.